The van der Waals surface area contributed by atoms with Gasteiger partial charge in [-0.1, -0.05) is 29.8 Å². The first kappa shape index (κ1) is 32.0. The third kappa shape index (κ3) is 7.19. The van der Waals surface area contributed by atoms with Crippen LogP contribution >= 0.6 is 0 Å². The highest BCUT2D eigenvalue weighted by Gasteiger charge is 2.43. The van der Waals surface area contributed by atoms with Crippen molar-refractivity contribution in [2.24, 2.45) is 5.92 Å². The second-order valence-electron chi connectivity index (χ2n) is 11.0. The lowest BCUT2D eigenvalue weighted by Crippen LogP contribution is -2.48. The Morgan fingerprint density at radius 3 is 2.58 bits per heavy atom. The number of likely N-dealkylation sites (tertiary alicyclic amines) is 1. The number of piperidine rings is 1. The molecule has 0 aromatic heterocycles. The Hall–Kier alpha value is -3.89. The lowest BCUT2D eigenvalue weighted by Gasteiger charge is -2.43. The van der Waals surface area contributed by atoms with Gasteiger partial charge in [0.05, 0.1) is 18.3 Å². The van der Waals surface area contributed by atoms with E-state index in [-0.39, 0.29) is 48.2 Å². The zero-order valence-corrected chi connectivity index (χ0v) is 24.7. The van der Waals surface area contributed by atoms with Gasteiger partial charge in [-0.15, -0.1) is 0 Å². The lowest BCUT2D eigenvalue weighted by atomic mass is 9.72. The Morgan fingerprint density at radius 2 is 1.86 bits per heavy atom. The van der Waals surface area contributed by atoms with Crippen LogP contribution in [-0.4, -0.2) is 55.8 Å². The number of halogens is 3. The lowest BCUT2D eigenvalue weighted by molar-refractivity contribution is -0.0565. The van der Waals surface area contributed by atoms with Gasteiger partial charge >= 0.3 is 6.09 Å². The van der Waals surface area contributed by atoms with Crippen LogP contribution in [0.25, 0.3) is 11.1 Å². The molecular formula is C33H38F3N3O4. The first-order valence-corrected chi connectivity index (χ1v) is 14.4. The molecule has 0 spiro atoms. The van der Waals surface area contributed by atoms with Gasteiger partial charge in [0, 0.05) is 43.2 Å². The molecule has 0 radical (unpaired) electrons. The van der Waals surface area contributed by atoms with E-state index >= 15 is 8.78 Å². The minimum atomic E-state index is -1.72. The predicted octanol–water partition coefficient (Wildman–Crippen LogP) is 5.67. The monoisotopic (exact) mass is 597 g/mol. The molecule has 1 fully saturated rings. The number of carbonyl (C=O) groups is 2. The normalized spacial score (nSPS) is 16.4. The molecule has 2 amide bonds. The molecule has 2 atom stereocenters. The average Bonchev–Trinajstić information content (AvgIpc) is 3.00. The van der Waals surface area contributed by atoms with Crippen molar-refractivity contribution in [1.82, 2.24) is 15.5 Å². The smallest absolute Gasteiger partial charge is 0.406 e. The maximum atomic E-state index is 15.6. The number of carbonyl (C=O) groups excluding carboxylic acids is 2. The highest BCUT2D eigenvalue weighted by molar-refractivity contribution is 5.94. The summed E-state index contributed by atoms with van der Waals surface area (Å²) in [4.78, 5) is 26.7. The first-order chi connectivity index (χ1) is 20.6. The van der Waals surface area contributed by atoms with E-state index in [0.717, 1.165) is 0 Å². The van der Waals surface area contributed by atoms with Crippen LogP contribution in [-0.2, 0) is 16.9 Å². The Kier molecular flexibility index (Phi) is 10.5. The highest BCUT2D eigenvalue weighted by Crippen LogP contribution is 2.45. The van der Waals surface area contributed by atoms with Crippen molar-refractivity contribution in [2.45, 2.75) is 44.8 Å². The van der Waals surface area contributed by atoms with Gasteiger partial charge in [-0.25, -0.2) is 18.0 Å². The molecule has 3 aromatic rings. The number of methoxy groups -OCH3 is 1. The van der Waals surface area contributed by atoms with E-state index in [1.807, 2.05) is 0 Å². The average molecular weight is 598 g/mol. The quantitative estimate of drug-likeness (QED) is 0.262. The van der Waals surface area contributed by atoms with Gasteiger partial charge in [0.2, 0.25) is 0 Å². The zero-order valence-electron chi connectivity index (χ0n) is 24.7. The third-order valence-corrected chi connectivity index (χ3v) is 8.09. The minimum Gasteiger partial charge on any atom is -0.453 e. The van der Waals surface area contributed by atoms with Gasteiger partial charge in [0.15, 0.2) is 0 Å². The van der Waals surface area contributed by atoms with Crippen molar-refractivity contribution < 1.29 is 32.6 Å². The molecule has 2 unspecified atom stereocenters. The number of hydrogen-bond acceptors (Lipinski definition) is 5. The predicted molar refractivity (Wildman–Crippen MR) is 158 cm³/mol. The Balaban J connectivity index is 1.72. The fourth-order valence-corrected chi connectivity index (χ4v) is 5.94. The largest absolute Gasteiger partial charge is 0.453 e. The number of nitrogens with one attached hydrogen (secondary N) is 2. The number of alkyl carbamates (subject to hydrolysis) is 1. The van der Waals surface area contributed by atoms with Crippen LogP contribution in [0, 0.1) is 30.3 Å². The molecule has 1 aliphatic rings. The Labute approximate surface area is 250 Å². The van der Waals surface area contributed by atoms with Crippen LogP contribution in [0.5, 0.6) is 0 Å². The van der Waals surface area contributed by atoms with Gasteiger partial charge in [-0.2, -0.15) is 0 Å². The maximum absolute atomic E-state index is 15.6. The number of hydrogen-bond donors (Lipinski definition) is 3. The molecule has 0 saturated carbocycles. The number of benzene rings is 3. The second kappa shape index (κ2) is 14.1. The number of rotatable bonds is 10. The van der Waals surface area contributed by atoms with Gasteiger partial charge in [0.25, 0.3) is 5.91 Å². The van der Waals surface area contributed by atoms with Crippen molar-refractivity contribution in [1.29, 1.82) is 0 Å². The summed E-state index contributed by atoms with van der Waals surface area (Å²) >= 11 is 0. The van der Waals surface area contributed by atoms with Crippen molar-refractivity contribution in [3.8, 4) is 11.1 Å². The molecule has 0 aliphatic carbocycles. The summed E-state index contributed by atoms with van der Waals surface area (Å²) < 4.78 is 50.3. The van der Waals surface area contributed by atoms with Gasteiger partial charge in [-0.05, 0) is 81.1 Å². The van der Waals surface area contributed by atoms with Crippen LogP contribution in [0.3, 0.4) is 0 Å². The number of ether oxygens (including phenoxy) is 1. The standard InChI is InChI=1S/C33H38F3N3O4/c1-21-10-13-27(34)25(17-21)30-26(8-4-9-28(30)35)33(42,14-6-15-38-32(41)43-3)23-7-5-16-39(20-23)31(40)24-12-11-22(19-37-2)18-29(24)36/h4,8-13,17-18,23,37,42H,5-7,14-16,19-20H2,1-3H3,(H,38,41). The van der Waals surface area contributed by atoms with Crippen molar-refractivity contribution in [3.63, 3.8) is 0 Å². The minimum absolute atomic E-state index is 0.0201. The fraction of sp³-hybridized carbons (Fsp3) is 0.394. The van der Waals surface area contributed by atoms with E-state index in [0.29, 0.717) is 37.1 Å². The number of amides is 2. The number of nitrogens with zero attached hydrogens (tertiary/aromatic N) is 1. The van der Waals surface area contributed by atoms with E-state index in [4.69, 9.17) is 0 Å². The summed E-state index contributed by atoms with van der Waals surface area (Å²) in [7, 11) is 2.99. The second-order valence-corrected chi connectivity index (χ2v) is 11.0. The Morgan fingerprint density at radius 1 is 1.07 bits per heavy atom. The summed E-state index contributed by atoms with van der Waals surface area (Å²) in [6.07, 6.45) is 0.724. The first-order valence-electron chi connectivity index (χ1n) is 14.4. The third-order valence-electron chi connectivity index (χ3n) is 8.09. The van der Waals surface area contributed by atoms with Crippen LogP contribution in [0.4, 0.5) is 18.0 Å². The molecule has 1 aliphatic heterocycles. The van der Waals surface area contributed by atoms with Crippen molar-refractivity contribution in [3.05, 3.63) is 94.3 Å². The Bertz CT molecular complexity index is 1470. The SMILES string of the molecule is CNCc1ccc(C(=O)N2CCCC(C(O)(CCCNC(=O)OC)c3cccc(F)c3-c3cc(C)ccc3F)C2)c(F)c1. The zero-order chi connectivity index (χ0) is 31.1. The van der Waals surface area contributed by atoms with Crippen LogP contribution in [0.1, 0.15) is 52.7 Å². The number of aryl methyl sites for hydroxylation is 1. The van der Waals surface area contributed by atoms with E-state index < -0.39 is 41.0 Å². The molecule has 7 nitrogen and oxygen atoms in total. The van der Waals surface area contributed by atoms with Crippen LogP contribution < -0.4 is 10.6 Å². The number of aliphatic hydroxyl groups is 1. The molecule has 43 heavy (non-hydrogen) atoms. The highest BCUT2D eigenvalue weighted by atomic mass is 19.1. The molecule has 1 heterocycles. The van der Waals surface area contributed by atoms with Gasteiger partial charge < -0.3 is 25.4 Å². The van der Waals surface area contributed by atoms with Gasteiger partial charge in [0.1, 0.15) is 17.5 Å². The van der Waals surface area contributed by atoms with E-state index in [9.17, 15) is 19.1 Å². The van der Waals surface area contributed by atoms with Crippen molar-refractivity contribution >= 4 is 12.0 Å². The van der Waals surface area contributed by atoms with E-state index in [2.05, 4.69) is 15.4 Å². The molecule has 230 valence electrons. The summed E-state index contributed by atoms with van der Waals surface area (Å²) in [5, 5.41) is 18.1. The molecule has 4 rings (SSSR count). The molecule has 10 heteroatoms. The fourth-order valence-electron chi connectivity index (χ4n) is 5.94. The molecular weight excluding hydrogens is 559 g/mol. The summed E-state index contributed by atoms with van der Waals surface area (Å²) in [5.74, 6) is -3.06. The van der Waals surface area contributed by atoms with Crippen molar-refractivity contribution in [2.75, 3.05) is 33.8 Å². The molecule has 3 aromatic carbocycles. The maximum Gasteiger partial charge on any atom is 0.406 e. The van der Waals surface area contributed by atoms with Crippen LogP contribution in [0.15, 0.2) is 54.6 Å². The topological polar surface area (TPSA) is 90.9 Å². The van der Waals surface area contributed by atoms with E-state index in [1.165, 1.54) is 48.4 Å². The summed E-state index contributed by atoms with van der Waals surface area (Å²) in [6.45, 7) is 2.81. The van der Waals surface area contributed by atoms with E-state index in [1.54, 1.807) is 32.2 Å². The molecule has 1 saturated heterocycles. The molecule has 0 bridgehead atoms. The van der Waals surface area contributed by atoms with Crippen LogP contribution in [0.2, 0.25) is 0 Å². The van der Waals surface area contributed by atoms with Gasteiger partial charge in [-0.3, -0.25) is 4.79 Å². The summed E-state index contributed by atoms with van der Waals surface area (Å²) in [6, 6.07) is 13.1. The molecule has 3 N–H and O–H groups in total. The summed E-state index contributed by atoms with van der Waals surface area (Å²) in [5.41, 5.74) is -0.219.